The number of aryl methyl sites for hydroxylation is 1. The molecular weight excluding hydrogens is 584 g/mol. The number of likely N-dealkylation sites (tertiary alicyclic amines) is 2. The van der Waals surface area contributed by atoms with Gasteiger partial charge in [0.25, 0.3) is 11.8 Å². The number of amides is 2. The number of carbonyl (C=O) groups is 4. The van der Waals surface area contributed by atoms with E-state index in [9.17, 15) is 24.3 Å². The minimum atomic E-state index is -0.192. The number of esters is 2. The smallest absolute Gasteiger partial charge is 0.308 e. The monoisotopic (exact) mass is 624 g/mol. The van der Waals surface area contributed by atoms with Crippen LogP contribution in [0.5, 0.6) is 5.75 Å². The van der Waals surface area contributed by atoms with Crippen molar-refractivity contribution in [2.45, 2.75) is 32.6 Å². The highest BCUT2D eigenvalue weighted by atomic mass is 16.5. The molecule has 2 fully saturated rings. The Morgan fingerprint density at radius 3 is 1.43 bits per heavy atom. The number of hydrogen-bond donors (Lipinski definition) is 1. The molecule has 9 nitrogen and oxygen atoms in total. The van der Waals surface area contributed by atoms with Gasteiger partial charge in [-0.2, -0.15) is 0 Å². The molecule has 0 spiro atoms. The first-order chi connectivity index (χ1) is 22.2. The molecule has 4 aromatic rings. The molecule has 0 atom stereocenters. The third-order valence-corrected chi connectivity index (χ3v) is 8.95. The van der Waals surface area contributed by atoms with Crippen LogP contribution in [-0.4, -0.2) is 79.1 Å². The van der Waals surface area contributed by atoms with Crippen molar-refractivity contribution in [3.05, 3.63) is 89.5 Å². The Kier molecular flexibility index (Phi) is 10.2. The van der Waals surface area contributed by atoms with Crippen LogP contribution in [0.15, 0.2) is 72.8 Å². The normalized spacial score (nSPS) is 15.6. The van der Waals surface area contributed by atoms with E-state index in [1.54, 1.807) is 29.2 Å². The molecule has 240 valence electrons. The maximum absolute atomic E-state index is 12.7. The van der Waals surface area contributed by atoms with Gasteiger partial charge in [-0.25, -0.2) is 0 Å². The van der Waals surface area contributed by atoms with Gasteiger partial charge in [-0.15, -0.1) is 0 Å². The molecule has 0 radical (unpaired) electrons. The number of aromatic hydroxyl groups is 1. The number of phenolic OH excluding ortho intramolecular Hbond substituents is 1. The highest BCUT2D eigenvalue weighted by Crippen LogP contribution is 2.25. The number of rotatable bonds is 4. The molecular formula is C37H40N2O7. The standard InChI is InChI=1S/C19H21NO3.C18H19NO4/c1-13-3-4-16-12-17(6-5-15(16)11-13)18(21)20-9-7-14(8-10-20)19(22)23-2;1-23-18(22)12-6-8-19(9-7-12)17(21)15-3-2-14-11-16(20)5-4-13(14)10-15/h3-6,11-12,14H,7-10H2,1-2H3;2-5,10-12,20H,6-9H2,1H3. The van der Waals surface area contributed by atoms with E-state index in [-0.39, 0.29) is 41.3 Å². The molecule has 46 heavy (non-hydrogen) atoms. The van der Waals surface area contributed by atoms with Crippen LogP contribution in [0.2, 0.25) is 0 Å². The van der Waals surface area contributed by atoms with E-state index < -0.39 is 0 Å². The minimum absolute atomic E-state index is 0.0247. The molecule has 0 aromatic heterocycles. The lowest BCUT2D eigenvalue weighted by Crippen LogP contribution is -2.40. The number of hydrogen-bond acceptors (Lipinski definition) is 7. The zero-order valence-corrected chi connectivity index (χ0v) is 26.5. The summed E-state index contributed by atoms with van der Waals surface area (Å²) in [5.74, 6) is -0.325. The maximum Gasteiger partial charge on any atom is 0.308 e. The van der Waals surface area contributed by atoms with Gasteiger partial charge in [-0.3, -0.25) is 19.2 Å². The van der Waals surface area contributed by atoms with E-state index in [2.05, 4.69) is 19.1 Å². The van der Waals surface area contributed by atoms with Crippen LogP contribution in [0.4, 0.5) is 0 Å². The lowest BCUT2D eigenvalue weighted by molar-refractivity contribution is -0.147. The molecule has 0 unspecified atom stereocenters. The largest absolute Gasteiger partial charge is 0.508 e. The second-order valence-electron chi connectivity index (χ2n) is 12.0. The highest BCUT2D eigenvalue weighted by Gasteiger charge is 2.29. The van der Waals surface area contributed by atoms with Crippen molar-refractivity contribution in [3.63, 3.8) is 0 Å². The Labute approximate surface area is 268 Å². The second-order valence-corrected chi connectivity index (χ2v) is 12.0. The summed E-state index contributed by atoms with van der Waals surface area (Å²) in [5, 5.41) is 13.5. The van der Waals surface area contributed by atoms with Crippen molar-refractivity contribution in [2.24, 2.45) is 11.8 Å². The molecule has 2 amide bonds. The van der Waals surface area contributed by atoms with E-state index >= 15 is 0 Å². The summed E-state index contributed by atoms with van der Waals surface area (Å²) in [6, 6.07) is 22.6. The molecule has 2 heterocycles. The van der Waals surface area contributed by atoms with Gasteiger partial charge < -0.3 is 24.4 Å². The summed E-state index contributed by atoms with van der Waals surface area (Å²) in [4.78, 5) is 52.0. The topological polar surface area (TPSA) is 113 Å². The minimum Gasteiger partial charge on any atom is -0.508 e. The molecule has 2 aliphatic heterocycles. The van der Waals surface area contributed by atoms with Crippen molar-refractivity contribution < 1.29 is 33.8 Å². The third kappa shape index (κ3) is 7.47. The van der Waals surface area contributed by atoms with Crippen LogP contribution < -0.4 is 0 Å². The number of piperidine rings is 2. The number of phenols is 1. The van der Waals surface area contributed by atoms with Crippen LogP contribution >= 0.6 is 0 Å². The predicted molar refractivity (Wildman–Crippen MR) is 176 cm³/mol. The lowest BCUT2D eigenvalue weighted by Gasteiger charge is -2.30. The average molecular weight is 625 g/mol. The van der Waals surface area contributed by atoms with Gasteiger partial charge in [-0.05, 0) is 90.6 Å². The van der Waals surface area contributed by atoms with E-state index in [0.29, 0.717) is 63.0 Å². The van der Waals surface area contributed by atoms with Gasteiger partial charge in [-0.1, -0.05) is 42.0 Å². The Bertz CT molecular complexity index is 1620. The number of carbonyl (C=O) groups excluding carboxylic acids is 4. The zero-order chi connectivity index (χ0) is 32.8. The summed E-state index contributed by atoms with van der Waals surface area (Å²) in [5.41, 5.74) is 2.54. The van der Waals surface area contributed by atoms with Crippen LogP contribution in [0.3, 0.4) is 0 Å². The summed E-state index contributed by atoms with van der Waals surface area (Å²) in [6.07, 6.45) is 2.62. The maximum atomic E-state index is 12.7. The number of fused-ring (bicyclic) bond motifs is 2. The van der Waals surface area contributed by atoms with Crippen LogP contribution in [0.25, 0.3) is 21.5 Å². The van der Waals surface area contributed by atoms with E-state index in [0.717, 1.165) is 21.5 Å². The first kappa shape index (κ1) is 32.5. The fourth-order valence-electron chi connectivity index (χ4n) is 6.20. The van der Waals surface area contributed by atoms with Gasteiger partial charge in [0.2, 0.25) is 0 Å². The van der Waals surface area contributed by atoms with Crippen molar-refractivity contribution >= 4 is 45.3 Å². The molecule has 9 heteroatoms. The van der Waals surface area contributed by atoms with E-state index in [1.807, 2.05) is 41.3 Å². The van der Waals surface area contributed by atoms with Crippen molar-refractivity contribution in [3.8, 4) is 5.75 Å². The van der Waals surface area contributed by atoms with Gasteiger partial charge >= 0.3 is 11.9 Å². The number of benzene rings is 4. The first-order valence-corrected chi connectivity index (χ1v) is 15.6. The second kappa shape index (κ2) is 14.5. The summed E-state index contributed by atoms with van der Waals surface area (Å²) in [7, 11) is 2.81. The van der Waals surface area contributed by atoms with E-state index in [4.69, 9.17) is 9.47 Å². The van der Waals surface area contributed by atoms with Crippen LogP contribution in [0.1, 0.15) is 52.0 Å². The van der Waals surface area contributed by atoms with Gasteiger partial charge in [0.05, 0.1) is 26.1 Å². The number of methoxy groups -OCH3 is 2. The number of nitrogens with zero attached hydrogens (tertiary/aromatic N) is 2. The molecule has 0 bridgehead atoms. The Balaban J connectivity index is 0.000000181. The third-order valence-electron chi connectivity index (χ3n) is 8.95. The fraction of sp³-hybridized carbons (Fsp3) is 0.351. The Morgan fingerprint density at radius 2 is 0.978 bits per heavy atom. The van der Waals surface area contributed by atoms with Crippen LogP contribution in [-0.2, 0) is 19.1 Å². The summed E-state index contributed by atoms with van der Waals surface area (Å²) in [6.45, 7) is 4.39. The van der Waals surface area contributed by atoms with E-state index in [1.165, 1.54) is 19.8 Å². The lowest BCUT2D eigenvalue weighted by atomic mass is 9.96. The molecule has 4 aromatic carbocycles. The highest BCUT2D eigenvalue weighted by molar-refractivity contribution is 5.99. The Hall–Kier alpha value is -4.92. The van der Waals surface area contributed by atoms with Crippen molar-refractivity contribution in [1.29, 1.82) is 0 Å². The predicted octanol–water partition coefficient (Wildman–Crippen LogP) is 5.74. The molecule has 6 rings (SSSR count). The van der Waals surface area contributed by atoms with Crippen molar-refractivity contribution in [2.75, 3.05) is 40.4 Å². The zero-order valence-electron chi connectivity index (χ0n) is 26.5. The Morgan fingerprint density at radius 1 is 0.587 bits per heavy atom. The van der Waals surface area contributed by atoms with Gasteiger partial charge in [0.1, 0.15) is 5.75 Å². The fourth-order valence-corrected chi connectivity index (χ4v) is 6.20. The number of ether oxygens (including phenoxy) is 2. The van der Waals surface area contributed by atoms with Crippen molar-refractivity contribution in [1.82, 2.24) is 9.80 Å². The molecule has 0 aliphatic carbocycles. The van der Waals surface area contributed by atoms with Gasteiger partial charge in [0.15, 0.2) is 0 Å². The molecule has 2 aliphatic rings. The summed E-state index contributed by atoms with van der Waals surface area (Å²) < 4.78 is 9.55. The van der Waals surface area contributed by atoms with Crippen LogP contribution in [0, 0.1) is 18.8 Å². The quantitative estimate of drug-likeness (QED) is 0.288. The SMILES string of the molecule is COC(=O)C1CCN(C(=O)c2ccc3cc(C)ccc3c2)CC1.COC(=O)C1CCN(C(=O)c2ccc3cc(O)ccc3c2)CC1. The first-order valence-electron chi connectivity index (χ1n) is 15.6. The molecule has 0 saturated carbocycles. The van der Waals surface area contributed by atoms with Gasteiger partial charge in [0, 0.05) is 37.3 Å². The average Bonchev–Trinajstić information content (AvgIpc) is 3.10. The summed E-state index contributed by atoms with van der Waals surface area (Å²) >= 11 is 0. The molecule has 2 saturated heterocycles. The molecule has 1 N–H and O–H groups in total.